The number of amides is 1. The summed E-state index contributed by atoms with van der Waals surface area (Å²) in [6, 6.07) is 0. The average Bonchev–Trinajstić information content (AvgIpc) is 2.45. The van der Waals surface area contributed by atoms with Crippen LogP contribution in [-0.2, 0) is 9.53 Å². The molecule has 1 heterocycles. The first-order valence-corrected chi connectivity index (χ1v) is 7.83. The summed E-state index contributed by atoms with van der Waals surface area (Å²) in [5, 5.41) is 0. The van der Waals surface area contributed by atoms with E-state index in [9.17, 15) is 4.79 Å². The molecule has 0 bridgehead atoms. The Kier molecular flexibility index (Phi) is 8.84. The number of nitrogens with zero attached hydrogens (tertiary/aromatic N) is 1. The predicted molar refractivity (Wildman–Crippen MR) is 77.9 cm³/mol. The molecule has 0 aromatic heterocycles. The zero-order valence-corrected chi connectivity index (χ0v) is 12.4. The molecule has 1 unspecified atom stereocenters. The molecule has 1 atom stereocenters. The van der Waals surface area contributed by atoms with Crippen molar-refractivity contribution in [1.29, 1.82) is 0 Å². The van der Waals surface area contributed by atoms with E-state index >= 15 is 0 Å². The first-order valence-electron chi connectivity index (χ1n) is 7.83. The average molecular weight is 270 g/mol. The zero-order chi connectivity index (χ0) is 13.9. The zero-order valence-electron chi connectivity index (χ0n) is 12.4. The number of hydrogen-bond acceptors (Lipinski definition) is 3. The number of rotatable bonds is 9. The normalized spacial score (nSPS) is 19.7. The molecule has 1 saturated heterocycles. The van der Waals surface area contributed by atoms with Gasteiger partial charge >= 0.3 is 0 Å². The van der Waals surface area contributed by atoms with E-state index in [-0.39, 0.29) is 0 Å². The number of unbranched alkanes of at least 4 members (excludes halogenated alkanes) is 3. The second-order valence-electron chi connectivity index (χ2n) is 5.46. The molecule has 0 aliphatic carbocycles. The predicted octanol–water partition coefficient (Wildman–Crippen LogP) is 2.17. The van der Waals surface area contributed by atoms with Crippen molar-refractivity contribution in [2.24, 2.45) is 11.7 Å². The standard InChI is InChI=1S/C15H30N2O2/c1-2-19-13-14-8-7-11-17(12-14)15(18)9-5-3-4-6-10-16/h14H,2-13,16H2,1H3. The van der Waals surface area contributed by atoms with E-state index in [1.54, 1.807) is 0 Å². The van der Waals surface area contributed by atoms with Crippen LogP contribution in [0.3, 0.4) is 0 Å². The van der Waals surface area contributed by atoms with Gasteiger partial charge in [0.2, 0.25) is 5.91 Å². The minimum Gasteiger partial charge on any atom is -0.381 e. The molecule has 112 valence electrons. The number of nitrogens with two attached hydrogens (primary N) is 1. The molecule has 0 aromatic rings. The van der Waals surface area contributed by atoms with E-state index in [1.807, 2.05) is 11.8 Å². The SMILES string of the molecule is CCOCC1CCCN(C(=O)CCCCCCN)C1. The van der Waals surface area contributed by atoms with Crippen LogP contribution in [0.15, 0.2) is 0 Å². The summed E-state index contributed by atoms with van der Waals surface area (Å²) < 4.78 is 5.48. The Bertz CT molecular complexity index is 246. The van der Waals surface area contributed by atoms with Gasteiger partial charge in [-0.3, -0.25) is 4.79 Å². The monoisotopic (exact) mass is 270 g/mol. The van der Waals surface area contributed by atoms with E-state index in [4.69, 9.17) is 10.5 Å². The van der Waals surface area contributed by atoms with Gasteiger partial charge in [-0.05, 0) is 45.1 Å². The maximum Gasteiger partial charge on any atom is 0.222 e. The van der Waals surface area contributed by atoms with Gasteiger partial charge in [-0.2, -0.15) is 0 Å². The maximum atomic E-state index is 12.1. The molecule has 2 N–H and O–H groups in total. The van der Waals surface area contributed by atoms with Crippen molar-refractivity contribution in [2.75, 3.05) is 32.8 Å². The van der Waals surface area contributed by atoms with Gasteiger partial charge in [-0.15, -0.1) is 0 Å². The number of carbonyl (C=O) groups excluding carboxylic acids is 1. The molecule has 1 rings (SSSR count). The third-order valence-electron chi connectivity index (χ3n) is 3.77. The molecular weight excluding hydrogens is 240 g/mol. The van der Waals surface area contributed by atoms with Crippen LogP contribution in [0.2, 0.25) is 0 Å². The minimum absolute atomic E-state index is 0.328. The summed E-state index contributed by atoms with van der Waals surface area (Å²) in [7, 11) is 0. The molecule has 1 amide bonds. The van der Waals surface area contributed by atoms with E-state index in [1.165, 1.54) is 6.42 Å². The van der Waals surface area contributed by atoms with E-state index in [2.05, 4.69) is 0 Å². The summed E-state index contributed by atoms with van der Waals surface area (Å²) in [4.78, 5) is 14.1. The first-order chi connectivity index (χ1) is 9.27. The Labute approximate surface area is 117 Å². The van der Waals surface area contributed by atoms with Crippen LogP contribution in [-0.4, -0.2) is 43.7 Å². The van der Waals surface area contributed by atoms with Gasteiger partial charge in [0.1, 0.15) is 0 Å². The quantitative estimate of drug-likeness (QED) is 0.653. The largest absolute Gasteiger partial charge is 0.381 e. The van der Waals surface area contributed by atoms with Crippen LogP contribution >= 0.6 is 0 Å². The Balaban J connectivity index is 2.16. The lowest BCUT2D eigenvalue weighted by atomic mass is 9.98. The van der Waals surface area contributed by atoms with Crippen molar-refractivity contribution in [3.63, 3.8) is 0 Å². The van der Waals surface area contributed by atoms with Crippen LogP contribution < -0.4 is 5.73 Å². The molecule has 4 nitrogen and oxygen atoms in total. The molecule has 1 aliphatic rings. The summed E-state index contributed by atoms with van der Waals surface area (Å²) in [6.07, 6.45) is 7.37. The number of piperidine rings is 1. The van der Waals surface area contributed by atoms with Gasteiger partial charge in [-0.25, -0.2) is 0 Å². The Morgan fingerprint density at radius 3 is 2.84 bits per heavy atom. The summed E-state index contributed by atoms with van der Waals surface area (Å²) in [5.41, 5.74) is 5.46. The number of likely N-dealkylation sites (tertiary alicyclic amines) is 1. The maximum absolute atomic E-state index is 12.1. The van der Waals surface area contributed by atoms with Crippen LogP contribution in [0, 0.1) is 5.92 Å². The van der Waals surface area contributed by atoms with Crippen LogP contribution in [0.4, 0.5) is 0 Å². The second kappa shape index (κ2) is 10.2. The molecule has 1 aliphatic heterocycles. The van der Waals surface area contributed by atoms with E-state index in [0.29, 0.717) is 18.2 Å². The minimum atomic E-state index is 0.328. The van der Waals surface area contributed by atoms with Crippen molar-refractivity contribution >= 4 is 5.91 Å². The number of hydrogen-bond donors (Lipinski definition) is 1. The van der Waals surface area contributed by atoms with Gasteiger partial charge in [0.25, 0.3) is 0 Å². The Hall–Kier alpha value is -0.610. The lowest BCUT2D eigenvalue weighted by Crippen LogP contribution is -2.41. The molecule has 1 fully saturated rings. The molecule has 0 aromatic carbocycles. The van der Waals surface area contributed by atoms with Crippen molar-refractivity contribution in [3.05, 3.63) is 0 Å². The van der Waals surface area contributed by atoms with Gasteiger partial charge in [0.05, 0.1) is 6.61 Å². The Morgan fingerprint density at radius 2 is 2.11 bits per heavy atom. The Morgan fingerprint density at radius 1 is 1.32 bits per heavy atom. The lowest BCUT2D eigenvalue weighted by molar-refractivity contribution is -0.133. The van der Waals surface area contributed by atoms with Crippen molar-refractivity contribution in [1.82, 2.24) is 4.90 Å². The highest BCUT2D eigenvalue weighted by molar-refractivity contribution is 5.76. The van der Waals surface area contributed by atoms with Gasteiger partial charge in [-0.1, -0.05) is 12.8 Å². The highest BCUT2D eigenvalue weighted by atomic mass is 16.5. The molecule has 0 radical (unpaired) electrons. The molecule has 0 saturated carbocycles. The van der Waals surface area contributed by atoms with Crippen molar-refractivity contribution in [3.8, 4) is 0 Å². The fraction of sp³-hybridized carbons (Fsp3) is 0.933. The van der Waals surface area contributed by atoms with Gasteiger partial charge < -0.3 is 15.4 Å². The van der Waals surface area contributed by atoms with Gasteiger partial charge in [0, 0.05) is 26.1 Å². The van der Waals surface area contributed by atoms with Crippen molar-refractivity contribution < 1.29 is 9.53 Å². The van der Waals surface area contributed by atoms with Crippen LogP contribution in [0.25, 0.3) is 0 Å². The molecular formula is C15H30N2O2. The third kappa shape index (κ3) is 6.92. The fourth-order valence-electron chi connectivity index (χ4n) is 2.64. The molecule has 0 spiro atoms. The lowest BCUT2D eigenvalue weighted by Gasteiger charge is -2.32. The summed E-state index contributed by atoms with van der Waals surface area (Å²) >= 11 is 0. The van der Waals surface area contributed by atoms with Crippen LogP contribution in [0.5, 0.6) is 0 Å². The summed E-state index contributed by atoms with van der Waals surface area (Å²) in [6.45, 7) is 6.18. The van der Waals surface area contributed by atoms with Crippen molar-refractivity contribution in [2.45, 2.75) is 51.9 Å². The van der Waals surface area contributed by atoms with Gasteiger partial charge in [0.15, 0.2) is 0 Å². The third-order valence-corrected chi connectivity index (χ3v) is 3.77. The second-order valence-corrected chi connectivity index (χ2v) is 5.46. The highest BCUT2D eigenvalue weighted by Crippen LogP contribution is 2.18. The first kappa shape index (κ1) is 16.4. The topological polar surface area (TPSA) is 55.6 Å². The molecule has 4 heteroatoms. The fourth-order valence-corrected chi connectivity index (χ4v) is 2.64. The highest BCUT2D eigenvalue weighted by Gasteiger charge is 2.23. The number of carbonyl (C=O) groups is 1. The van der Waals surface area contributed by atoms with Crippen LogP contribution in [0.1, 0.15) is 51.9 Å². The van der Waals surface area contributed by atoms with E-state index in [0.717, 1.165) is 65.0 Å². The smallest absolute Gasteiger partial charge is 0.222 e. The molecule has 19 heavy (non-hydrogen) atoms. The van der Waals surface area contributed by atoms with E-state index < -0.39 is 0 Å². The number of ether oxygens (including phenoxy) is 1. The summed E-state index contributed by atoms with van der Waals surface area (Å²) in [5.74, 6) is 0.865.